The van der Waals surface area contributed by atoms with Gasteiger partial charge in [0.2, 0.25) is 0 Å². The summed E-state index contributed by atoms with van der Waals surface area (Å²) in [5, 5.41) is 4.19. The molecule has 1 fully saturated rings. The van der Waals surface area contributed by atoms with Gasteiger partial charge in [-0.15, -0.1) is 0 Å². The first-order chi connectivity index (χ1) is 9.97. The van der Waals surface area contributed by atoms with Gasteiger partial charge in [-0.1, -0.05) is 25.4 Å². The Hall–Kier alpha value is -1.06. The largest absolute Gasteiger partial charge is 0.338 e. The number of nitrogens with zero attached hydrogens (tertiary/aromatic N) is 1. The topological polar surface area (TPSA) is 32.3 Å². The van der Waals surface area contributed by atoms with Crippen molar-refractivity contribution in [3.05, 3.63) is 34.3 Å². The normalized spacial score (nSPS) is 19.1. The zero-order chi connectivity index (χ0) is 15.4. The summed E-state index contributed by atoms with van der Waals surface area (Å²) < 4.78 is 0. The van der Waals surface area contributed by atoms with Gasteiger partial charge in [0.1, 0.15) is 0 Å². The highest BCUT2D eigenvalue weighted by Crippen LogP contribution is 2.21. The molecule has 0 aliphatic carbocycles. The van der Waals surface area contributed by atoms with Crippen LogP contribution in [0.25, 0.3) is 0 Å². The van der Waals surface area contributed by atoms with E-state index in [1.165, 1.54) is 6.42 Å². The fourth-order valence-electron chi connectivity index (χ4n) is 2.78. The predicted molar refractivity (Wildman–Crippen MR) is 88.0 cm³/mol. The van der Waals surface area contributed by atoms with Gasteiger partial charge in [0.15, 0.2) is 0 Å². The Bertz CT molecular complexity index is 502. The maximum atomic E-state index is 12.6. The highest BCUT2D eigenvalue weighted by Gasteiger charge is 2.24. The van der Waals surface area contributed by atoms with Gasteiger partial charge in [-0.3, -0.25) is 4.79 Å². The smallest absolute Gasteiger partial charge is 0.253 e. The molecule has 1 atom stereocenters. The number of halogens is 1. The fourth-order valence-corrected chi connectivity index (χ4v) is 2.90. The molecule has 0 bridgehead atoms. The third-order valence-corrected chi connectivity index (χ3v) is 4.45. The van der Waals surface area contributed by atoms with Crippen molar-refractivity contribution in [2.24, 2.45) is 5.92 Å². The molecule has 1 aromatic rings. The van der Waals surface area contributed by atoms with Gasteiger partial charge in [0.05, 0.1) is 0 Å². The maximum absolute atomic E-state index is 12.6. The molecule has 116 valence electrons. The van der Waals surface area contributed by atoms with Crippen LogP contribution in [0.15, 0.2) is 18.2 Å². The summed E-state index contributed by atoms with van der Waals surface area (Å²) in [5.74, 6) is 0.683. The van der Waals surface area contributed by atoms with Crippen molar-refractivity contribution >= 4 is 17.5 Å². The van der Waals surface area contributed by atoms with E-state index in [0.29, 0.717) is 17.0 Å². The van der Waals surface area contributed by atoms with Gasteiger partial charge in [-0.2, -0.15) is 0 Å². The molecule has 1 aliphatic rings. The first-order valence-electron chi connectivity index (χ1n) is 7.76. The van der Waals surface area contributed by atoms with E-state index in [4.69, 9.17) is 11.6 Å². The Balaban J connectivity index is 1.99. The number of aryl methyl sites for hydroxylation is 1. The molecule has 1 aromatic carbocycles. The quantitative estimate of drug-likeness (QED) is 0.923. The lowest BCUT2D eigenvalue weighted by Gasteiger charge is -2.33. The zero-order valence-corrected chi connectivity index (χ0v) is 13.9. The van der Waals surface area contributed by atoms with Crippen LogP contribution in [0.3, 0.4) is 0 Å². The molecular formula is C17H25ClN2O. The Kier molecular flexibility index (Phi) is 5.65. The van der Waals surface area contributed by atoms with E-state index < -0.39 is 0 Å². The van der Waals surface area contributed by atoms with E-state index in [2.05, 4.69) is 19.2 Å². The second-order valence-electron chi connectivity index (χ2n) is 6.29. The highest BCUT2D eigenvalue weighted by molar-refractivity contribution is 6.31. The van der Waals surface area contributed by atoms with Crippen LogP contribution in [0.5, 0.6) is 0 Å². The van der Waals surface area contributed by atoms with Crippen LogP contribution in [0, 0.1) is 12.8 Å². The van der Waals surface area contributed by atoms with Gasteiger partial charge in [-0.25, -0.2) is 0 Å². The molecule has 0 radical (unpaired) electrons. The van der Waals surface area contributed by atoms with E-state index in [9.17, 15) is 4.79 Å². The minimum atomic E-state index is 0.129. The molecule has 1 heterocycles. The number of benzene rings is 1. The molecule has 1 amide bonds. The van der Waals surface area contributed by atoms with Crippen LogP contribution in [-0.2, 0) is 0 Å². The molecule has 1 unspecified atom stereocenters. The van der Waals surface area contributed by atoms with Crippen molar-refractivity contribution in [2.45, 2.75) is 39.7 Å². The Morgan fingerprint density at radius 3 is 2.90 bits per heavy atom. The van der Waals surface area contributed by atoms with E-state index in [0.717, 1.165) is 37.2 Å². The summed E-state index contributed by atoms with van der Waals surface area (Å²) in [6.07, 6.45) is 2.28. The second-order valence-corrected chi connectivity index (χ2v) is 6.69. The molecular weight excluding hydrogens is 284 g/mol. The van der Waals surface area contributed by atoms with E-state index in [1.54, 1.807) is 0 Å². The second kappa shape index (κ2) is 7.28. The summed E-state index contributed by atoms with van der Waals surface area (Å²) in [6, 6.07) is 6.02. The Labute approximate surface area is 132 Å². The summed E-state index contributed by atoms with van der Waals surface area (Å²) in [6.45, 7) is 8.94. The fraction of sp³-hybridized carbons (Fsp3) is 0.588. The van der Waals surface area contributed by atoms with Crippen molar-refractivity contribution < 1.29 is 4.79 Å². The molecule has 1 N–H and O–H groups in total. The van der Waals surface area contributed by atoms with Crippen molar-refractivity contribution in [1.29, 1.82) is 0 Å². The molecule has 0 spiro atoms. The molecule has 4 heteroatoms. The van der Waals surface area contributed by atoms with Crippen LogP contribution < -0.4 is 5.32 Å². The lowest BCUT2D eigenvalue weighted by molar-refractivity contribution is 0.0672. The monoisotopic (exact) mass is 308 g/mol. The molecule has 1 aliphatic heterocycles. The first-order valence-corrected chi connectivity index (χ1v) is 8.14. The summed E-state index contributed by atoms with van der Waals surface area (Å²) >= 11 is 6.03. The number of carbonyl (C=O) groups is 1. The summed E-state index contributed by atoms with van der Waals surface area (Å²) in [4.78, 5) is 14.6. The average molecular weight is 309 g/mol. The number of likely N-dealkylation sites (tertiary alicyclic amines) is 1. The zero-order valence-electron chi connectivity index (χ0n) is 13.2. The van der Waals surface area contributed by atoms with Gasteiger partial charge >= 0.3 is 0 Å². The minimum Gasteiger partial charge on any atom is -0.338 e. The van der Waals surface area contributed by atoms with Crippen LogP contribution in [0.2, 0.25) is 5.02 Å². The minimum absolute atomic E-state index is 0.129. The summed E-state index contributed by atoms with van der Waals surface area (Å²) in [5.41, 5.74) is 1.70. The van der Waals surface area contributed by atoms with Gasteiger partial charge in [-0.05, 0) is 56.0 Å². The predicted octanol–water partition coefficient (Wildman–Crippen LogP) is 3.50. The standard InChI is InChI=1S/C17H25ClN2O/c1-12(2)19-10-14-5-4-8-20(11-14)17(21)15-6-7-16(18)13(3)9-15/h6-7,9,12,14,19H,4-5,8,10-11H2,1-3H3. The molecule has 3 nitrogen and oxygen atoms in total. The lowest BCUT2D eigenvalue weighted by Crippen LogP contribution is -2.43. The van der Waals surface area contributed by atoms with E-state index >= 15 is 0 Å². The number of hydrogen-bond donors (Lipinski definition) is 1. The molecule has 0 aromatic heterocycles. The van der Waals surface area contributed by atoms with Gasteiger partial charge in [0.25, 0.3) is 5.91 Å². The number of carbonyl (C=O) groups excluding carboxylic acids is 1. The van der Waals surface area contributed by atoms with Crippen LogP contribution >= 0.6 is 11.6 Å². The third kappa shape index (κ3) is 4.45. The third-order valence-electron chi connectivity index (χ3n) is 4.03. The first kappa shape index (κ1) is 16.3. The number of rotatable bonds is 4. The Morgan fingerprint density at radius 1 is 1.48 bits per heavy atom. The van der Waals surface area contributed by atoms with Crippen LogP contribution in [-0.4, -0.2) is 36.5 Å². The SMILES string of the molecule is Cc1cc(C(=O)N2CCCC(CNC(C)C)C2)ccc1Cl. The number of amides is 1. The molecule has 1 saturated heterocycles. The molecule has 2 rings (SSSR count). The van der Waals surface area contributed by atoms with Crippen molar-refractivity contribution in [2.75, 3.05) is 19.6 Å². The highest BCUT2D eigenvalue weighted by atomic mass is 35.5. The van der Waals surface area contributed by atoms with Crippen molar-refractivity contribution in [1.82, 2.24) is 10.2 Å². The van der Waals surface area contributed by atoms with Gasteiger partial charge < -0.3 is 10.2 Å². The van der Waals surface area contributed by atoms with Crippen LogP contribution in [0.1, 0.15) is 42.6 Å². The lowest BCUT2D eigenvalue weighted by atomic mass is 9.97. The van der Waals surface area contributed by atoms with Gasteiger partial charge in [0, 0.05) is 29.7 Å². The molecule has 0 saturated carbocycles. The van der Waals surface area contributed by atoms with E-state index in [-0.39, 0.29) is 5.91 Å². The summed E-state index contributed by atoms with van der Waals surface area (Å²) in [7, 11) is 0. The van der Waals surface area contributed by atoms with Crippen molar-refractivity contribution in [3.63, 3.8) is 0 Å². The number of piperidine rings is 1. The maximum Gasteiger partial charge on any atom is 0.253 e. The Morgan fingerprint density at radius 2 is 2.24 bits per heavy atom. The average Bonchev–Trinajstić information content (AvgIpc) is 2.47. The molecule has 21 heavy (non-hydrogen) atoms. The van der Waals surface area contributed by atoms with E-state index in [1.807, 2.05) is 30.0 Å². The number of hydrogen-bond acceptors (Lipinski definition) is 2. The number of nitrogens with one attached hydrogen (secondary N) is 1. The van der Waals surface area contributed by atoms with Crippen molar-refractivity contribution in [3.8, 4) is 0 Å². The van der Waals surface area contributed by atoms with Crippen LogP contribution in [0.4, 0.5) is 0 Å².